The van der Waals surface area contributed by atoms with Gasteiger partial charge in [0, 0.05) is 48.0 Å². The van der Waals surface area contributed by atoms with Crippen molar-refractivity contribution in [3.63, 3.8) is 0 Å². The Balaban J connectivity index is 1.46. The van der Waals surface area contributed by atoms with E-state index in [0.29, 0.717) is 35.2 Å². The number of benzene rings is 2. The summed E-state index contributed by atoms with van der Waals surface area (Å²) in [7, 11) is 1.95. The minimum atomic E-state index is -0.969. The van der Waals surface area contributed by atoms with E-state index in [0.717, 1.165) is 54.8 Å². The van der Waals surface area contributed by atoms with E-state index < -0.39 is 23.3 Å². The topological polar surface area (TPSA) is 109 Å². The predicted molar refractivity (Wildman–Crippen MR) is 203 cm³/mol. The van der Waals surface area contributed by atoms with Gasteiger partial charge in [-0.15, -0.1) is 11.3 Å². The summed E-state index contributed by atoms with van der Waals surface area (Å²) < 4.78 is 20.4. The Morgan fingerprint density at radius 2 is 1.78 bits per heavy atom. The number of nitrogens with zero attached hydrogens (tertiary/aromatic N) is 5. The Bertz CT molecular complexity index is 2160. The number of thiazole rings is 1. The molecular formula is C39H44ClN5O5S. The average molecular weight is 730 g/mol. The SMILES string of the molecule is CCOC(=O)[C@@H](OC(C)(C)C)c1c(C)cc2nc(-c3cnc4c(n3)c(C3=CCN(C(=O)OC(C)(C)C)CC3)cn4C)sc2c1-c1ccc(Cl)cc1. The van der Waals surface area contributed by atoms with Crippen molar-refractivity contribution in [2.75, 3.05) is 19.7 Å². The third-order valence-corrected chi connectivity index (χ3v) is 9.75. The maximum Gasteiger partial charge on any atom is 0.410 e. The highest BCUT2D eigenvalue weighted by atomic mass is 35.5. The monoisotopic (exact) mass is 729 g/mol. The molecule has 0 saturated heterocycles. The van der Waals surface area contributed by atoms with Gasteiger partial charge in [-0.3, -0.25) is 0 Å². The van der Waals surface area contributed by atoms with Gasteiger partial charge in [-0.05, 0) is 96.7 Å². The second-order valence-electron chi connectivity index (χ2n) is 14.7. The minimum Gasteiger partial charge on any atom is -0.464 e. The summed E-state index contributed by atoms with van der Waals surface area (Å²) in [6, 6.07) is 9.56. The van der Waals surface area contributed by atoms with E-state index in [9.17, 15) is 9.59 Å². The number of aromatic nitrogens is 4. The van der Waals surface area contributed by atoms with E-state index in [4.69, 9.17) is 40.8 Å². The molecule has 0 bridgehead atoms. The Morgan fingerprint density at radius 3 is 2.41 bits per heavy atom. The lowest BCUT2D eigenvalue weighted by atomic mass is 9.91. The third-order valence-electron chi connectivity index (χ3n) is 8.39. The summed E-state index contributed by atoms with van der Waals surface area (Å²) >= 11 is 7.81. The van der Waals surface area contributed by atoms with Crippen LogP contribution in [0.2, 0.25) is 5.02 Å². The number of aryl methyl sites for hydroxylation is 2. The van der Waals surface area contributed by atoms with E-state index in [2.05, 4.69) is 6.08 Å². The number of hydrogen-bond acceptors (Lipinski definition) is 9. The Morgan fingerprint density at radius 1 is 1.06 bits per heavy atom. The third kappa shape index (κ3) is 7.80. The Labute approximate surface area is 307 Å². The molecule has 1 aliphatic heterocycles. The molecular weight excluding hydrogens is 686 g/mol. The second-order valence-corrected chi connectivity index (χ2v) is 16.1. The van der Waals surface area contributed by atoms with Crippen molar-refractivity contribution in [2.45, 2.75) is 79.1 Å². The lowest BCUT2D eigenvalue weighted by Crippen LogP contribution is -2.39. The molecule has 0 fully saturated rings. The Kier molecular flexibility index (Phi) is 10.0. The number of fused-ring (bicyclic) bond motifs is 2. The van der Waals surface area contributed by atoms with Gasteiger partial charge >= 0.3 is 12.1 Å². The van der Waals surface area contributed by atoms with Crippen LogP contribution in [0.1, 0.15) is 77.7 Å². The fourth-order valence-electron chi connectivity index (χ4n) is 6.24. The van der Waals surface area contributed by atoms with Crippen LogP contribution < -0.4 is 0 Å². The van der Waals surface area contributed by atoms with Crippen molar-refractivity contribution in [3.8, 4) is 21.8 Å². The van der Waals surface area contributed by atoms with E-state index in [1.165, 1.54) is 11.3 Å². The summed E-state index contributed by atoms with van der Waals surface area (Å²) in [6.45, 7) is 16.4. The molecule has 0 N–H and O–H groups in total. The van der Waals surface area contributed by atoms with Crippen LogP contribution in [0.15, 0.2) is 48.8 Å². The maximum atomic E-state index is 13.5. The van der Waals surface area contributed by atoms with Crippen LogP contribution >= 0.6 is 22.9 Å². The number of esters is 1. The minimum absolute atomic E-state index is 0.229. The summed E-state index contributed by atoms with van der Waals surface area (Å²) in [5, 5.41) is 1.30. The van der Waals surface area contributed by atoms with E-state index in [-0.39, 0.29) is 12.7 Å². The summed E-state index contributed by atoms with van der Waals surface area (Å²) in [4.78, 5) is 43.0. The molecule has 0 aliphatic carbocycles. The van der Waals surface area contributed by atoms with Gasteiger partial charge in [-0.1, -0.05) is 29.8 Å². The molecule has 1 atom stereocenters. The molecule has 268 valence electrons. The van der Waals surface area contributed by atoms with Gasteiger partial charge in [0.2, 0.25) is 0 Å². The number of rotatable bonds is 7. The highest BCUT2D eigenvalue weighted by Gasteiger charge is 2.34. The van der Waals surface area contributed by atoms with Crippen LogP contribution in [0.25, 0.3) is 48.8 Å². The number of halogens is 1. The fraction of sp³-hybridized carbons (Fsp3) is 0.410. The molecule has 6 rings (SSSR count). The van der Waals surface area contributed by atoms with Crippen LogP contribution in [0, 0.1) is 6.92 Å². The first-order chi connectivity index (χ1) is 24.0. The van der Waals surface area contributed by atoms with Crippen molar-refractivity contribution < 1.29 is 23.8 Å². The second kappa shape index (κ2) is 14.0. The predicted octanol–water partition coefficient (Wildman–Crippen LogP) is 9.32. The summed E-state index contributed by atoms with van der Waals surface area (Å²) in [5.41, 5.74) is 7.11. The van der Waals surface area contributed by atoms with Gasteiger partial charge in [-0.2, -0.15) is 0 Å². The van der Waals surface area contributed by atoms with Gasteiger partial charge in [0.15, 0.2) is 11.8 Å². The van der Waals surface area contributed by atoms with Gasteiger partial charge in [0.1, 0.15) is 21.8 Å². The molecule has 0 unspecified atom stereocenters. The molecule has 0 radical (unpaired) electrons. The lowest BCUT2D eigenvalue weighted by Gasteiger charge is -2.29. The highest BCUT2D eigenvalue weighted by Crippen LogP contribution is 2.44. The zero-order valence-electron chi connectivity index (χ0n) is 30.6. The van der Waals surface area contributed by atoms with E-state index in [1.54, 1.807) is 18.0 Å². The normalized spacial score (nSPS) is 14.5. The van der Waals surface area contributed by atoms with Crippen LogP contribution in [0.4, 0.5) is 4.79 Å². The maximum absolute atomic E-state index is 13.5. The van der Waals surface area contributed by atoms with Crippen molar-refractivity contribution >= 4 is 62.0 Å². The van der Waals surface area contributed by atoms with Crippen molar-refractivity contribution in [1.82, 2.24) is 24.4 Å². The van der Waals surface area contributed by atoms with Crippen LogP contribution in [0.5, 0.6) is 0 Å². The zero-order chi connectivity index (χ0) is 36.8. The quantitative estimate of drug-likeness (QED) is 0.153. The van der Waals surface area contributed by atoms with Gasteiger partial charge < -0.3 is 23.7 Å². The van der Waals surface area contributed by atoms with E-state index in [1.807, 2.05) is 96.6 Å². The molecule has 2 aromatic carbocycles. The van der Waals surface area contributed by atoms with Gasteiger partial charge in [0.05, 0.1) is 28.6 Å². The molecule has 3 aromatic heterocycles. The van der Waals surface area contributed by atoms with Crippen molar-refractivity contribution in [2.24, 2.45) is 7.05 Å². The fourth-order valence-corrected chi connectivity index (χ4v) is 7.44. The average Bonchev–Trinajstić information content (AvgIpc) is 3.63. The highest BCUT2D eigenvalue weighted by molar-refractivity contribution is 7.22. The summed E-state index contributed by atoms with van der Waals surface area (Å²) in [5.74, 6) is -0.450. The standard InChI is InChI=1S/C39H44ClN5O5S/c1-10-48-36(46)32(49-38(3,4)5)29-22(2)19-27-33(30(29)24-11-13-25(40)14-12-24)51-35(43-27)28-20-41-34-31(42-28)26(21-44(34)9)23-15-17-45(18-16-23)37(47)50-39(6,7)8/h11-15,19-21,32H,10,16-18H2,1-9H3/t32-/m0/s1. The van der Waals surface area contributed by atoms with Gasteiger partial charge in [0.25, 0.3) is 0 Å². The largest absolute Gasteiger partial charge is 0.464 e. The molecule has 1 amide bonds. The molecule has 0 spiro atoms. The molecule has 0 saturated carbocycles. The summed E-state index contributed by atoms with van der Waals surface area (Å²) in [6.07, 6.45) is 5.24. The van der Waals surface area contributed by atoms with Crippen molar-refractivity contribution in [1.29, 1.82) is 0 Å². The van der Waals surface area contributed by atoms with Crippen LogP contribution in [0.3, 0.4) is 0 Å². The van der Waals surface area contributed by atoms with Crippen molar-refractivity contribution in [3.05, 3.63) is 70.5 Å². The van der Waals surface area contributed by atoms with Crippen LogP contribution in [-0.4, -0.2) is 67.4 Å². The number of hydrogen-bond donors (Lipinski definition) is 0. The molecule has 5 aromatic rings. The molecule has 1 aliphatic rings. The van der Waals surface area contributed by atoms with Gasteiger partial charge in [-0.25, -0.2) is 24.5 Å². The molecule has 10 nitrogen and oxygen atoms in total. The number of amides is 1. The molecule has 51 heavy (non-hydrogen) atoms. The smallest absolute Gasteiger partial charge is 0.410 e. The first kappa shape index (κ1) is 36.5. The molecule has 12 heteroatoms. The number of carbonyl (C=O) groups excluding carboxylic acids is 2. The number of carbonyl (C=O) groups is 2. The molecule has 4 heterocycles. The lowest BCUT2D eigenvalue weighted by molar-refractivity contribution is -0.166. The first-order valence-corrected chi connectivity index (χ1v) is 18.3. The van der Waals surface area contributed by atoms with Crippen LogP contribution in [-0.2, 0) is 26.1 Å². The first-order valence-electron chi connectivity index (χ1n) is 17.1. The Hall–Kier alpha value is -4.32. The van der Waals surface area contributed by atoms with E-state index >= 15 is 0 Å². The number of ether oxygens (including phenoxy) is 3. The zero-order valence-corrected chi connectivity index (χ0v) is 32.2.